The Hall–Kier alpha value is -1.89. The summed E-state index contributed by atoms with van der Waals surface area (Å²) in [7, 11) is 1.61. The maximum atomic E-state index is 12.6. The number of nitrogens with one attached hydrogen (secondary N) is 1. The van der Waals surface area contributed by atoms with Crippen molar-refractivity contribution >= 4 is 11.9 Å². The second kappa shape index (κ2) is 8.47. The van der Waals surface area contributed by atoms with E-state index in [1.54, 1.807) is 19.4 Å². The van der Waals surface area contributed by atoms with Crippen LogP contribution in [0.1, 0.15) is 40.5 Å². The highest BCUT2D eigenvalue weighted by atomic mass is 16.5. The standard InChI is InChI=1S/C18H31N5O2/c1-6-18(3,4)21-16(24)14(2)22-10-7-11-23(13-12-22)17-19-9-8-15(20-17)25-5/h8-9,14H,6-7,10-13H2,1-5H3,(H,21,24)/t14-/m0/s1. The van der Waals surface area contributed by atoms with Crippen LogP contribution in [0.5, 0.6) is 5.88 Å². The molecule has 1 saturated heterocycles. The molecule has 2 heterocycles. The number of anilines is 1. The van der Waals surface area contributed by atoms with Gasteiger partial charge in [-0.15, -0.1) is 0 Å². The smallest absolute Gasteiger partial charge is 0.237 e. The minimum atomic E-state index is -0.169. The van der Waals surface area contributed by atoms with Crippen LogP contribution >= 0.6 is 0 Å². The summed E-state index contributed by atoms with van der Waals surface area (Å²) in [4.78, 5) is 25.7. The van der Waals surface area contributed by atoms with Gasteiger partial charge >= 0.3 is 0 Å². The SMILES string of the molecule is CCC(C)(C)NC(=O)[C@H](C)N1CCCN(c2nccc(OC)n2)CC1. The second-order valence-electron chi connectivity index (χ2n) is 7.18. The van der Waals surface area contributed by atoms with Gasteiger partial charge in [-0.1, -0.05) is 6.92 Å². The van der Waals surface area contributed by atoms with E-state index in [4.69, 9.17) is 4.74 Å². The molecule has 1 aromatic rings. The molecule has 25 heavy (non-hydrogen) atoms. The summed E-state index contributed by atoms with van der Waals surface area (Å²) in [6, 6.07) is 1.60. The molecule has 1 atom stereocenters. The van der Waals surface area contributed by atoms with Crippen molar-refractivity contribution in [3.8, 4) is 5.88 Å². The van der Waals surface area contributed by atoms with Crippen LogP contribution in [-0.4, -0.2) is 65.6 Å². The molecule has 1 fully saturated rings. The fourth-order valence-electron chi connectivity index (χ4n) is 2.82. The third-order valence-electron chi connectivity index (χ3n) is 4.91. The summed E-state index contributed by atoms with van der Waals surface area (Å²) in [6.07, 6.45) is 3.59. The van der Waals surface area contributed by atoms with Crippen molar-refractivity contribution in [3.63, 3.8) is 0 Å². The van der Waals surface area contributed by atoms with E-state index in [0.717, 1.165) is 39.0 Å². The van der Waals surface area contributed by atoms with E-state index >= 15 is 0 Å². The molecule has 0 saturated carbocycles. The number of ether oxygens (including phenoxy) is 1. The lowest BCUT2D eigenvalue weighted by Gasteiger charge is -2.31. The molecule has 0 aliphatic carbocycles. The number of hydrogen-bond acceptors (Lipinski definition) is 6. The molecule has 7 heteroatoms. The zero-order valence-electron chi connectivity index (χ0n) is 16.1. The van der Waals surface area contributed by atoms with Crippen molar-refractivity contribution < 1.29 is 9.53 Å². The summed E-state index contributed by atoms with van der Waals surface area (Å²) in [5.41, 5.74) is -0.169. The van der Waals surface area contributed by atoms with Crippen LogP contribution in [0.2, 0.25) is 0 Å². The van der Waals surface area contributed by atoms with Crippen LogP contribution in [0.3, 0.4) is 0 Å². The Bertz CT molecular complexity index is 578. The van der Waals surface area contributed by atoms with Gasteiger partial charge in [-0.2, -0.15) is 4.98 Å². The van der Waals surface area contributed by atoms with Gasteiger partial charge in [0.25, 0.3) is 0 Å². The van der Waals surface area contributed by atoms with Crippen molar-refractivity contribution in [1.29, 1.82) is 0 Å². The number of carbonyl (C=O) groups is 1. The first-order valence-electron chi connectivity index (χ1n) is 9.04. The zero-order valence-corrected chi connectivity index (χ0v) is 16.1. The van der Waals surface area contributed by atoms with Gasteiger partial charge in [0.2, 0.25) is 17.7 Å². The van der Waals surface area contributed by atoms with E-state index in [1.165, 1.54) is 0 Å². The fraction of sp³-hybridized carbons (Fsp3) is 0.722. The van der Waals surface area contributed by atoms with Crippen molar-refractivity contribution in [2.24, 2.45) is 0 Å². The number of aromatic nitrogens is 2. The highest BCUT2D eigenvalue weighted by molar-refractivity contribution is 5.82. The van der Waals surface area contributed by atoms with Gasteiger partial charge in [-0.05, 0) is 33.6 Å². The van der Waals surface area contributed by atoms with Crippen LogP contribution in [0, 0.1) is 0 Å². The van der Waals surface area contributed by atoms with Gasteiger partial charge in [-0.3, -0.25) is 9.69 Å². The van der Waals surface area contributed by atoms with Gasteiger partial charge in [0.15, 0.2) is 0 Å². The molecule has 2 rings (SSSR count). The maximum Gasteiger partial charge on any atom is 0.237 e. The van der Waals surface area contributed by atoms with Gasteiger partial charge in [0, 0.05) is 44.0 Å². The minimum Gasteiger partial charge on any atom is -0.481 e. The van der Waals surface area contributed by atoms with E-state index in [2.05, 4.69) is 45.9 Å². The third kappa shape index (κ3) is 5.29. The predicted octanol–water partition coefficient (Wildman–Crippen LogP) is 1.69. The Kier molecular flexibility index (Phi) is 6.58. The molecule has 0 unspecified atom stereocenters. The number of amides is 1. The highest BCUT2D eigenvalue weighted by Crippen LogP contribution is 2.16. The highest BCUT2D eigenvalue weighted by Gasteiger charge is 2.27. The molecule has 0 radical (unpaired) electrons. The quantitative estimate of drug-likeness (QED) is 0.843. The average Bonchev–Trinajstić information content (AvgIpc) is 2.87. The van der Waals surface area contributed by atoms with Crippen LogP contribution < -0.4 is 15.0 Å². The van der Waals surface area contributed by atoms with Crippen LogP contribution in [-0.2, 0) is 4.79 Å². The first-order valence-corrected chi connectivity index (χ1v) is 9.04. The zero-order chi connectivity index (χ0) is 18.4. The summed E-state index contributed by atoms with van der Waals surface area (Å²) in [6.45, 7) is 11.6. The number of rotatable bonds is 6. The maximum absolute atomic E-state index is 12.6. The molecule has 1 aliphatic heterocycles. The normalized spacial score (nSPS) is 17.7. The van der Waals surface area contributed by atoms with E-state index < -0.39 is 0 Å². The summed E-state index contributed by atoms with van der Waals surface area (Å²) < 4.78 is 5.18. The molecule has 1 amide bonds. The Morgan fingerprint density at radius 2 is 2.12 bits per heavy atom. The molecule has 140 valence electrons. The van der Waals surface area contributed by atoms with Gasteiger partial charge in [0.1, 0.15) is 0 Å². The second-order valence-corrected chi connectivity index (χ2v) is 7.18. The van der Waals surface area contributed by atoms with Crippen molar-refractivity contribution in [3.05, 3.63) is 12.3 Å². The summed E-state index contributed by atoms with van der Waals surface area (Å²) in [5.74, 6) is 1.35. The third-order valence-corrected chi connectivity index (χ3v) is 4.91. The molecular formula is C18H31N5O2. The topological polar surface area (TPSA) is 70.6 Å². The number of nitrogens with zero attached hydrogens (tertiary/aromatic N) is 4. The Balaban J connectivity index is 1.97. The van der Waals surface area contributed by atoms with Gasteiger partial charge in [0.05, 0.1) is 13.2 Å². The van der Waals surface area contributed by atoms with Crippen LogP contribution in [0.25, 0.3) is 0 Å². The van der Waals surface area contributed by atoms with E-state index in [1.807, 2.05) is 6.92 Å². The number of hydrogen-bond donors (Lipinski definition) is 1. The Labute approximate surface area is 150 Å². The average molecular weight is 349 g/mol. The van der Waals surface area contributed by atoms with Gasteiger partial charge in [-0.25, -0.2) is 4.98 Å². The lowest BCUT2D eigenvalue weighted by atomic mass is 10.0. The van der Waals surface area contributed by atoms with E-state index in [0.29, 0.717) is 11.8 Å². The van der Waals surface area contributed by atoms with Crippen LogP contribution in [0.4, 0.5) is 5.95 Å². The Morgan fingerprint density at radius 1 is 1.36 bits per heavy atom. The Morgan fingerprint density at radius 3 is 2.80 bits per heavy atom. The van der Waals surface area contributed by atoms with Crippen LogP contribution in [0.15, 0.2) is 12.3 Å². The first-order chi connectivity index (χ1) is 11.9. The van der Waals surface area contributed by atoms with Crippen molar-refractivity contribution in [2.75, 3.05) is 38.2 Å². The fourth-order valence-corrected chi connectivity index (χ4v) is 2.82. The number of methoxy groups -OCH3 is 1. The van der Waals surface area contributed by atoms with Gasteiger partial charge < -0.3 is 15.0 Å². The predicted molar refractivity (Wildman–Crippen MR) is 99.0 cm³/mol. The molecule has 1 N–H and O–H groups in total. The van der Waals surface area contributed by atoms with E-state index in [9.17, 15) is 4.79 Å². The summed E-state index contributed by atoms with van der Waals surface area (Å²) in [5, 5.41) is 3.15. The molecule has 1 aromatic heterocycles. The molecular weight excluding hydrogens is 318 g/mol. The first kappa shape index (κ1) is 19.4. The molecule has 0 spiro atoms. The molecule has 0 bridgehead atoms. The summed E-state index contributed by atoms with van der Waals surface area (Å²) >= 11 is 0. The molecule has 7 nitrogen and oxygen atoms in total. The number of carbonyl (C=O) groups excluding carboxylic acids is 1. The largest absolute Gasteiger partial charge is 0.481 e. The minimum absolute atomic E-state index is 0.0953. The van der Waals surface area contributed by atoms with Crippen molar-refractivity contribution in [2.45, 2.75) is 52.1 Å². The lowest BCUT2D eigenvalue weighted by molar-refractivity contribution is -0.127. The van der Waals surface area contributed by atoms with Crippen molar-refractivity contribution in [1.82, 2.24) is 20.2 Å². The monoisotopic (exact) mass is 349 g/mol. The van der Waals surface area contributed by atoms with E-state index in [-0.39, 0.29) is 17.5 Å². The lowest BCUT2D eigenvalue weighted by Crippen LogP contribution is -2.52. The molecule has 0 aromatic carbocycles. The molecule has 1 aliphatic rings.